The minimum atomic E-state index is 0. The summed E-state index contributed by atoms with van der Waals surface area (Å²) in [7, 11) is 0. The third-order valence-corrected chi connectivity index (χ3v) is 2.91. The fraction of sp³-hybridized carbons (Fsp3) is 0. The van der Waals surface area contributed by atoms with E-state index in [1.165, 1.54) is 0 Å². The van der Waals surface area contributed by atoms with Gasteiger partial charge in [-0.1, -0.05) is 60.7 Å². The van der Waals surface area contributed by atoms with Crippen LogP contribution in [-0.2, 0) is 0 Å². The van der Waals surface area contributed by atoms with Crippen LogP contribution in [0.25, 0.3) is 12.2 Å². The minimum absolute atomic E-state index is 0. The number of rotatable bonds is 4. The first-order chi connectivity index (χ1) is 9.56. The van der Waals surface area contributed by atoms with Crippen molar-refractivity contribution in [3.05, 3.63) is 70.8 Å². The number of hydrogen-bond acceptors (Lipinski definition) is 2. The Bertz CT molecular complexity index is 598. The molecular formula is C16H16ClN4-. The topological polar surface area (TPSA) is 99.7 Å². The lowest BCUT2D eigenvalue weighted by Gasteiger charge is -2.00. The van der Waals surface area contributed by atoms with Crippen LogP contribution in [0, 0.1) is 10.8 Å². The molecular weight excluding hydrogens is 284 g/mol. The highest BCUT2D eigenvalue weighted by atomic mass is 35.5. The van der Waals surface area contributed by atoms with Crippen LogP contribution in [-0.4, -0.2) is 11.7 Å². The number of hydrogen-bond donors (Lipinski definition) is 4. The predicted octanol–water partition coefficient (Wildman–Crippen LogP) is -0.571. The second-order valence-electron chi connectivity index (χ2n) is 4.40. The Balaban J connectivity index is 0.00000220. The number of halogens is 1. The standard InChI is InChI=1S/C16H16N4.ClH/c17-15(18)13-7-3-11(4-8-13)1-2-12-5-9-14(10-6-12)16(19)20;/h1-10H,(H3,17,18)(H3,19,20);1H/p-1/b2-1+;. The smallest absolute Gasteiger partial charge is 0.122 e. The van der Waals surface area contributed by atoms with E-state index in [-0.39, 0.29) is 24.1 Å². The summed E-state index contributed by atoms with van der Waals surface area (Å²) in [4.78, 5) is 0. The highest BCUT2D eigenvalue weighted by Crippen LogP contribution is 2.10. The van der Waals surface area contributed by atoms with E-state index in [1.807, 2.05) is 60.7 Å². The molecule has 0 aromatic heterocycles. The van der Waals surface area contributed by atoms with Gasteiger partial charge in [0.15, 0.2) is 0 Å². The summed E-state index contributed by atoms with van der Waals surface area (Å²) in [5, 5.41) is 14.7. The summed E-state index contributed by atoms with van der Waals surface area (Å²) in [6.45, 7) is 0. The molecule has 0 bridgehead atoms. The Morgan fingerprint density at radius 3 is 1.19 bits per heavy atom. The van der Waals surface area contributed by atoms with Crippen LogP contribution in [0.15, 0.2) is 48.5 Å². The van der Waals surface area contributed by atoms with Crippen molar-refractivity contribution >= 4 is 23.8 Å². The molecule has 0 amide bonds. The molecule has 0 saturated carbocycles. The third kappa shape index (κ3) is 4.47. The SMILES string of the molecule is N=C(N)c1ccc(/C=C/c2ccc(C(=N)N)cc2)cc1.[Cl-]. The van der Waals surface area contributed by atoms with Gasteiger partial charge in [0.1, 0.15) is 11.7 Å². The predicted molar refractivity (Wildman–Crippen MR) is 83.8 cm³/mol. The van der Waals surface area contributed by atoms with Gasteiger partial charge in [0.05, 0.1) is 0 Å². The molecule has 0 unspecified atom stereocenters. The lowest BCUT2D eigenvalue weighted by Crippen LogP contribution is -3.00. The summed E-state index contributed by atoms with van der Waals surface area (Å²) in [6, 6.07) is 14.9. The van der Waals surface area contributed by atoms with E-state index in [1.54, 1.807) is 0 Å². The van der Waals surface area contributed by atoms with Gasteiger partial charge in [0.25, 0.3) is 0 Å². The van der Waals surface area contributed by atoms with Crippen molar-refractivity contribution in [1.82, 2.24) is 0 Å². The van der Waals surface area contributed by atoms with Gasteiger partial charge < -0.3 is 23.9 Å². The van der Waals surface area contributed by atoms with Gasteiger partial charge >= 0.3 is 0 Å². The number of nitrogens with two attached hydrogens (primary N) is 2. The molecule has 2 aromatic rings. The fourth-order valence-corrected chi connectivity index (χ4v) is 1.74. The molecule has 2 aromatic carbocycles. The van der Waals surface area contributed by atoms with Crippen LogP contribution in [0.1, 0.15) is 22.3 Å². The first-order valence-electron chi connectivity index (χ1n) is 6.13. The number of nitrogens with one attached hydrogen (secondary N) is 2. The Morgan fingerprint density at radius 1 is 0.667 bits per heavy atom. The molecule has 0 saturated heterocycles. The summed E-state index contributed by atoms with van der Waals surface area (Å²) in [5.74, 6) is 0.140. The lowest BCUT2D eigenvalue weighted by molar-refractivity contribution is -0.00000467. The Labute approximate surface area is 129 Å². The van der Waals surface area contributed by atoms with E-state index in [9.17, 15) is 0 Å². The van der Waals surface area contributed by atoms with Gasteiger partial charge in [0.2, 0.25) is 0 Å². The van der Waals surface area contributed by atoms with Crippen LogP contribution in [0.5, 0.6) is 0 Å². The molecule has 5 heteroatoms. The molecule has 0 radical (unpaired) electrons. The van der Waals surface area contributed by atoms with Gasteiger partial charge in [-0.15, -0.1) is 0 Å². The van der Waals surface area contributed by atoms with E-state index < -0.39 is 0 Å². The maximum atomic E-state index is 7.33. The van der Waals surface area contributed by atoms with E-state index in [4.69, 9.17) is 22.3 Å². The number of benzene rings is 2. The molecule has 2 rings (SSSR count). The summed E-state index contributed by atoms with van der Waals surface area (Å²) in [6.07, 6.45) is 3.96. The van der Waals surface area contributed by atoms with Crippen LogP contribution >= 0.6 is 0 Å². The van der Waals surface area contributed by atoms with Crippen LogP contribution in [0.4, 0.5) is 0 Å². The van der Waals surface area contributed by atoms with E-state index >= 15 is 0 Å². The maximum absolute atomic E-state index is 7.33. The molecule has 0 aliphatic rings. The zero-order chi connectivity index (χ0) is 14.5. The van der Waals surface area contributed by atoms with Crippen molar-refractivity contribution in [2.45, 2.75) is 0 Å². The Morgan fingerprint density at radius 2 is 0.952 bits per heavy atom. The van der Waals surface area contributed by atoms with Crippen molar-refractivity contribution in [2.24, 2.45) is 11.5 Å². The van der Waals surface area contributed by atoms with E-state index in [2.05, 4.69) is 0 Å². The van der Waals surface area contributed by atoms with E-state index in [0.717, 1.165) is 11.1 Å². The Kier molecular flexibility index (Phi) is 5.69. The van der Waals surface area contributed by atoms with Crippen LogP contribution < -0.4 is 23.9 Å². The van der Waals surface area contributed by atoms with Gasteiger partial charge in [-0.05, 0) is 11.1 Å². The largest absolute Gasteiger partial charge is 1.00 e. The average Bonchev–Trinajstić information content (AvgIpc) is 2.46. The molecule has 6 N–H and O–H groups in total. The maximum Gasteiger partial charge on any atom is 0.122 e. The van der Waals surface area contributed by atoms with Gasteiger partial charge in [0, 0.05) is 11.1 Å². The lowest BCUT2D eigenvalue weighted by atomic mass is 10.1. The van der Waals surface area contributed by atoms with Crippen molar-refractivity contribution in [1.29, 1.82) is 10.8 Å². The molecule has 0 atom stereocenters. The highest BCUT2D eigenvalue weighted by molar-refractivity contribution is 5.95. The zero-order valence-corrected chi connectivity index (χ0v) is 12.1. The molecule has 0 spiro atoms. The summed E-state index contributed by atoms with van der Waals surface area (Å²) in [5.41, 5.74) is 14.3. The first-order valence-corrected chi connectivity index (χ1v) is 6.13. The van der Waals surface area contributed by atoms with Gasteiger partial charge in [-0.25, -0.2) is 0 Å². The van der Waals surface area contributed by atoms with Crippen molar-refractivity contribution in [2.75, 3.05) is 0 Å². The first kappa shape index (κ1) is 16.5. The Hall–Kier alpha value is -2.59. The quantitative estimate of drug-likeness (QED) is 0.345. The molecule has 4 nitrogen and oxygen atoms in total. The van der Waals surface area contributed by atoms with Crippen molar-refractivity contribution in [3.63, 3.8) is 0 Å². The monoisotopic (exact) mass is 299 g/mol. The zero-order valence-electron chi connectivity index (χ0n) is 11.3. The number of nitrogen functional groups attached to an aromatic ring is 2. The molecule has 108 valence electrons. The van der Waals surface area contributed by atoms with Gasteiger partial charge in [-0.2, -0.15) is 0 Å². The molecule has 0 aliphatic heterocycles. The molecule has 21 heavy (non-hydrogen) atoms. The molecule has 0 heterocycles. The third-order valence-electron chi connectivity index (χ3n) is 2.91. The van der Waals surface area contributed by atoms with Crippen molar-refractivity contribution in [3.8, 4) is 0 Å². The van der Waals surface area contributed by atoms with E-state index in [0.29, 0.717) is 11.1 Å². The summed E-state index contributed by atoms with van der Waals surface area (Å²) < 4.78 is 0. The van der Waals surface area contributed by atoms with Crippen molar-refractivity contribution < 1.29 is 12.4 Å². The molecule has 0 aliphatic carbocycles. The minimum Gasteiger partial charge on any atom is -1.00 e. The second kappa shape index (κ2) is 7.26. The van der Waals surface area contributed by atoms with Gasteiger partial charge in [-0.3, -0.25) is 10.8 Å². The van der Waals surface area contributed by atoms with Crippen LogP contribution in [0.2, 0.25) is 0 Å². The fourth-order valence-electron chi connectivity index (χ4n) is 1.74. The number of amidine groups is 2. The average molecular weight is 300 g/mol. The second-order valence-corrected chi connectivity index (χ2v) is 4.40. The summed E-state index contributed by atoms with van der Waals surface area (Å²) >= 11 is 0. The normalized spacial score (nSPS) is 10.1. The molecule has 0 fully saturated rings. The highest BCUT2D eigenvalue weighted by Gasteiger charge is 1.96. The van der Waals surface area contributed by atoms with Crippen LogP contribution in [0.3, 0.4) is 0 Å².